The zero-order chi connectivity index (χ0) is 12.7. The van der Waals surface area contributed by atoms with E-state index in [1.807, 2.05) is 25.6 Å². The Hall–Kier alpha value is -0.910. The molecule has 1 aromatic rings. The Morgan fingerprint density at radius 2 is 1.12 bits per heavy atom. The molecule has 0 aliphatic rings. The Kier molecular flexibility index (Phi) is 3.42. The minimum Gasteiger partial charge on any atom is -0.257 e. The third-order valence-electron chi connectivity index (χ3n) is 3.36. The van der Waals surface area contributed by atoms with Gasteiger partial charge >= 0.3 is 0 Å². The van der Waals surface area contributed by atoms with Gasteiger partial charge in [-0.1, -0.05) is 0 Å². The van der Waals surface area contributed by atoms with Gasteiger partial charge in [-0.3, -0.25) is 5.84 Å². The van der Waals surface area contributed by atoms with Gasteiger partial charge in [0, 0.05) is 0 Å². The first-order valence-electron chi connectivity index (χ1n) is 5.03. The highest BCUT2D eigenvalue weighted by atomic mass is 32.2. The van der Waals surface area contributed by atoms with E-state index in [4.69, 9.17) is 5.84 Å². The van der Waals surface area contributed by atoms with E-state index in [2.05, 4.69) is 0 Å². The number of nitrogens with one attached hydrogen (secondary N) is 1. The normalized spacial score (nSPS) is 11.9. The predicted molar refractivity (Wildman–Crippen MR) is 64.6 cm³/mol. The first-order valence-corrected chi connectivity index (χ1v) is 6.51. The van der Waals surface area contributed by atoms with Gasteiger partial charge in [-0.05, 0) is 62.4 Å². The molecule has 0 fully saturated rings. The smallest absolute Gasteiger partial charge is 0.253 e. The molecule has 0 atom stereocenters. The van der Waals surface area contributed by atoms with Crippen molar-refractivity contribution in [3.8, 4) is 0 Å². The van der Waals surface area contributed by atoms with Gasteiger partial charge in [0.15, 0.2) is 0 Å². The number of hydrogen-bond acceptors (Lipinski definition) is 3. The summed E-state index contributed by atoms with van der Waals surface area (Å²) in [6.07, 6.45) is 0. The molecule has 0 saturated heterocycles. The monoisotopic (exact) mass is 242 g/mol. The Labute approximate surface area is 96.9 Å². The second-order valence-corrected chi connectivity index (χ2v) is 5.73. The Bertz CT molecular complexity index is 504. The molecule has 0 saturated carbocycles. The Morgan fingerprint density at radius 1 is 0.812 bits per heavy atom. The maximum absolute atomic E-state index is 11.8. The maximum Gasteiger partial charge on any atom is 0.253 e. The molecular weight excluding hydrogens is 224 g/mol. The average Bonchev–Trinajstić information content (AvgIpc) is 2.23. The highest BCUT2D eigenvalue weighted by Gasteiger charge is 2.22. The minimum absolute atomic E-state index is 0.301. The van der Waals surface area contributed by atoms with E-state index < -0.39 is 10.0 Å². The number of benzene rings is 1. The molecule has 0 aromatic heterocycles. The number of sulfonamides is 1. The molecule has 4 nitrogen and oxygen atoms in total. The highest BCUT2D eigenvalue weighted by Crippen LogP contribution is 2.28. The van der Waals surface area contributed by atoms with Crippen LogP contribution in [-0.2, 0) is 10.0 Å². The van der Waals surface area contributed by atoms with E-state index in [1.165, 1.54) is 0 Å². The summed E-state index contributed by atoms with van der Waals surface area (Å²) < 4.78 is 23.6. The lowest BCUT2D eigenvalue weighted by molar-refractivity contribution is 0.582. The van der Waals surface area contributed by atoms with Crippen LogP contribution in [0.1, 0.15) is 27.8 Å². The van der Waals surface area contributed by atoms with E-state index in [0.29, 0.717) is 4.90 Å². The molecule has 0 amide bonds. The molecule has 0 radical (unpaired) electrons. The van der Waals surface area contributed by atoms with Gasteiger partial charge in [-0.15, -0.1) is 0 Å². The van der Waals surface area contributed by atoms with Crippen molar-refractivity contribution >= 4 is 10.0 Å². The molecular formula is C11H18N2O2S. The second-order valence-electron chi connectivity index (χ2n) is 4.08. The van der Waals surface area contributed by atoms with Crippen molar-refractivity contribution in [1.82, 2.24) is 4.83 Å². The van der Waals surface area contributed by atoms with Gasteiger partial charge in [0.25, 0.3) is 10.0 Å². The van der Waals surface area contributed by atoms with Gasteiger partial charge in [0.1, 0.15) is 0 Å². The fourth-order valence-electron chi connectivity index (χ4n) is 1.93. The summed E-state index contributed by atoms with van der Waals surface area (Å²) in [7, 11) is -3.59. The van der Waals surface area contributed by atoms with Crippen molar-refractivity contribution in [2.24, 2.45) is 5.84 Å². The summed E-state index contributed by atoms with van der Waals surface area (Å²) in [4.78, 5) is 2.19. The lowest BCUT2D eigenvalue weighted by Crippen LogP contribution is -2.31. The first kappa shape index (κ1) is 13.2. The predicted octanol–water partition coefficient (Wildman–Crippen LogP) is 1.38. The van der Waals surface area contributed by atoms with Gasteiger partial charge in [0.05, 0.1) is 4.90 Å². The topological polar surface area (TPSA) is 72.2 Å². The standard InChI is InChI=1S/C11H18N2O2S/c1-6-7(2)9(4)11(10(5)8(6)3)16(14,15)13-12/h13H,12H2,1-5H3. The van der Waals surface area contributed by atoms with Crippen molar-refractivity contribution in [2.45, 2.75) is 39.5 Å². The van der Waals surface area contributed by atoms with Crippen LogP contribution in [0.2, 0.25) is 0 Å². The quantitative estimate of drug-likeness (QED) is 0.608. The minimum atomic E-state index is -3.59. The number of nitrogens with two attached hydrogens (primary N) is 1. The van der Waals surface area contributed by atoms with E-state index in [9.17, 15) is 8.42 Å². The van der Waals surface area contributed by atoms with Crippen molar-refractivity contribution in [3.05, 3.63) is 27.8 Å². The third kappa shape index (κ3) is 1.86. The van der Waals surface area contributed by atoms with Crippen LogP contribution in [0.4, 0.5) is 0 Å². The van der Waals surface area contributed by atoms with Crippen LogP contribution in [0.15, 0.2) is 4.90 Å². The summed E-state index contributed by atoms with van der Waals surface area (Å²) in [5.74, 6) is 5.08. The number of hydrogen-bond donors (Lipinski definition) is 2. The molecule has 0 spiro atoms. The van der Waals surface area contributed by atoms with Crippen LogP contribution >= 0.6 is 0 Å². The molecule has 0 aliphatic carbocycles. The van der Waals surface area contributed by atoms with E-state index in [1.54, 1.807) is 13.8 Å². The van der Waals surface area contributed by atoms with Crippen LogP contribution in [0, 0.1) is 34.6 Å². The lowest BCUT2D eigenvalue weighted by atomic mass is 9.95. The number of hydrazine groups is 1. The van der Waals surface area contributed by atoms with Crippen LogP contribution in [0.3, 0.4) is 0 Å². The summed E-state index contributed by atoms with van der Waals surface area (Å²) in [5.41, 5.74) is 4.65. The molecule has 0 aliphatic heterocycles. The van der Waals surface area contributed by atoms with E-state index >= 15 is 0 Å². The fourth-order valence-corrected chi connectivity index (χ4v) is 3.16. The van der Waals surface area contributed by atoms with Gasteiger partial charge in [-0.25, -0.2) is 8.42 Å². The first-order chi connectivity index (χ1) is 7.24. The van der Waals surface area contributed by atoms with Crippen molar-refractivity contribution < 1.29 is 8.42 Å². The van der Waals surface area contributed by atoms with E-state index in [-0.39, 0.29) is 0 Å². The maximum atomic E-state index is 11.8. The van der Waals surface area contributed by atoms with Crippen molar-refractivity contribution in [3.63, 3.8) is 0 Å². The molecule has 5 heteroatoms. The van der Waals surface area contributed by atoms with Gasteiger partial charge < -0.3 is 0 Å². The molecule has 16 heavy (non-hydrogen) atoms. The van der Waals surface area contributed by atoms with Crippen LogP contribution < -0.4 is 10.7 Å². The largest absolute Gasteiger partial charge is 0.257 e. The van der Waals surface area contributed by atoms with Crippen molar-refractivity contribution in [1.29, 1.82) is 0 Å². The Balaban J connectivity index is 3.79. The molecule has 1 rings (SSSR count). The lowest BCUT2D eigenvalue weighted by Gasteiger charge is -2.17. The molecule has 0 unspecified atom stereocenters. The van der Waals surface area contributed by atoms with Crippen LogP contribution in [-0.4, -0.2) is 8.42 Å². The molecule has 0 heterocycles. The summed E-state index contributed by atoms with van der Waals surface area (Å²) in [5, 5.41) is 0. The Morgan fingerprint density at radius 3 is 1.44 bits per heavy atom. The SMILES string of the molecule is Cc1c(C)c(C)c(S(=O)(=O)NN)c(C)c1C. The van der Waals surface area contributed by atoms with Crippen LogP contribution in [0.25, 0.3) is 0 Å². The summed E-state index contributed by atoms with van der Waals surface area (Å²) in [6, 6.07) is 0. The highest BCUT2D eigenvalue weighted by molar-refractivity contribution is 7.89. The molecule has 90 valence electrons. The van der Waals surface area contributed by atoms with Gasteiger partial charge in [0.2, 0.25) is 0 Å². The van der Waals surface area contributed by atoms with E-state index in [0.717, 1.165) is 27.8 Å². The summed E-state index contributed by atoms with van der Waals surface area (Å²) in [6.45, 7) is 9.45. The number of rotatable bonds is 2. The third-order valence-corrected chi connectivity index (χ3v) is 4.82. The van der Waals surface area contributed by atoms with Crippen molar-refractivity contribution in [2.75, 3.05) is 0 Å². The van der Waals surface area contributed by atoms with Gasteiger partial charge in [-0.2, -0.15) is 4.83 Å². The zero-order valence-corrected chi connectivity index (χ0v) is 11.1. The molecule has 1 aromatic carbocycles. The fraction of sp³-hybridized carbons (Fsp3) is 0.455. The van der Waals surface area contributed by atoms with Crippen LogP contribution in [0.5, 0.6) is 0 Å². The zero-order valence-electron chi connectivity index (χ0n) is 10.3. The average molecular weight is 242 g/mol. The summed E-state index contributed by atoms with van der Waals surface area (Å²) >= 11 is 0. The second kappa shape index (κ2) is 4.16. The molecule has 3 N–H and O–H groups in total. The molecule has 0 bridgehead atoms.